The highest BCUT2D eigenvalue weighted by molar-refractivity contribution is 6.00. The van der Waals surface area contributed by atoms with Crippen molar-refractivity contribution < 1.29 is 24.1 Å². The van der Waals surface area contributed by atoms with E-state index in [1.807, 2.05) is 43.0 Å². The molecule has 4 rings (SSSR count). The van der Waals surface area contributed by atoms with Gasteiger partial charge in [0.2, 0.25) is 0 Å². The Morgan fingerprint density at radius 1 is 1.09 bits per heavy atom. The lowest BCUT2D eigenvalue weighted by atomic mass is 9.95. The number of para-hydroxylation sites is 1. The SMILES string of the molecule is CCOc1ccc([C@H]2c3c(-c4ccccc4O)n[nH]c3C(=O)N2CCCOC)cc1OCC. The van der Waals surface area contributed by atoms with Crippen molar-refractivity contribution in [2.24, 2.45) is 0 Å². The largest absolute Gasteiger partial charge is 0.507 e. The van der Waals surface area contributed by atoms with Crippen molar-refractivity contribution in [3.8, 4) is 28.5 Å². The summed E-state index contributed by atoms with van der Waals surface area (Å²) in [5, 5.41) is 17.8. The van der Waals surface area contributed by atoms with Crippen LogP contribution >= 0.6 is 0 Å². The van der Waals surface area contributed by atoms with Crippen molar-refractivity contribution in [2.45, 2.75) is 26.3 Å². The Bertz CT molecular complexity index is 1130. The van der Waals surface area contributed by atoms with Crippen LogP contribution in [0.15, 0.2) is 42.5 Å². The van der Waals surface area contributed by atoms with E-state index in [1.54, 1.807) is 25.3 Å². The van der Waals surface area contributed by atoms with Gasteiger partial charge in [0, 0.05) is 31.4 Å². The highest BCUT2D eigenvalue weighted by Gasteiger charge is 2.42. The number of rotatable bonds is 10. The molecular formula is C25H29N3O5. The predicted octanol–water partition coefficient (Wildman–Crippen LogP) is 4.16. The Kier molecular flexibility index (Phi) is 6.84. The maximum Gasteiger partial charge on any atom is 0.273 e. The molecule has 0 saturated heterocycles. The van der Waals surface area contributed by atoms with Crippen LogP contribution < -0.4 is 9.47 Å². The molecule has 1 atom stereocenters. The standard InChI is InChI=1S/C25H29N3O5/c1-4-32-19-12-11-16(15-20(19)33-5-2)24-21-22(17-9-6-7-10-18(17)29)26-27-23(21)25(30)28(24)13-8-14-31-3/h6-7,9-12,15,24,29H,4-5,8,13-14H2,1-3H3,(H,26,27)/t24-/m0/s1. The van der Waals surface area contributed by atoms with Gasteiger partial charge in [-0.25, -0.2) is 0 Å². The number of nitrogens with zero attached hydrogens (tertiary/aromatic N) is 2. The Morgan fingerprint density at radius 3 is 2.58 bits per heavy atom. The minimum atomic E-state index is -0.396. The van der Waals surface area contributed by atoms with Crippen LogP contribution in [-0.2, 0) is 4.74 Å². The number of phenols is 1. The molecule has 1 aromatic heterocycles. The number of phenolic OH excluding ortho intramolecular Hbond substituents is 1. The van der Waals surface area contributed by atoms with Gasteiger partial charge in [-0.3, -0.25) is 9.89 Å². The van der Waals surface area contributed by atoms with Gasteiger partial charge in [-0.2, -0.15) is 5.10 Å². The molecule has 0 fully saturated rings. The summed E-state index contributed by atoms with van der Waals surface area (Å²) in [4.78, 5) is 15.2. The number of aromatic amines is 1. The summed E-state index contributed by atoms with van der Waals surface area (Å²) in [5.74, 6) is 1.26. The number of carbonyl (C=O) groups is 1. The second kappa shape index (κ2) is 9.95. The number of aromatic hydroxyl groups is 1. The van der Waals surface area contributed by atoms with Crippen LogP contribution in [0, 0.1) is 0 Å². The van der Waals surface area contributed by atoms with Crippen molar-refractivity contribution in [3.05, 3.63) is 59.3 Å². The fourth-order valence-corrected chi connectivity index (χ4v) is 4.27. The van der Waals surface area contributed by atoms with E-state index in [1.165, 1.54) is 0 Å². The first-order valence-electron chi connectivity index (χ1n) is 11.2. The number of hydrogen-bond donors (Lipinski definition) is 2. The highest BCUT2D eigenvalue weighted by Crippen LogP contribution is 2.45. The van der Waals surface area contributed by atoms with Gasteiger partial charge in [0.25, 0.3) is 5.91 Å². The summed E-state index contributed by atoms with van der Waals surface area (Å²) in [7, 11) is 1.65. The zero-order chi connectivity index (χ0) is 23.4. The van der Waals surface area contributed by atoms with E-state index >= 15 is 0 Å². The molecule has 1 aliphatic rings. The lowest BCUT2D eigenvalue weighted by Crippen LogP contribution is -2.31. The van der Waals surface area contributed by atoms with Gasteiger partial charge in [-0.1, -0.05) is 18.2 Å². The number of fused-ring (bicyclic) bond motifs is 1. The molecule has 0 radical (unpaired) electrons. The van der Waals surface area contributed by atoms with Gasteiger partial charge in [0.15, 0.2) is 11.5 Å². The number of hydrogen-bond acceptors (Lipinski definition) is 6. The first-order chi connectivity index (χ1) is 16.1. The number of aromatic nitrogens is 2. The van der Waals surface area contributed by atoms with Crippen LogP contribution in [0.1, 0.15) is 47.9 Å². The summed E-state index contributed by atoms with van der Waals surface area (Å²) in [6.45, 7) is 5.91. The van der Waals surface area contributed by atoms with E-state index in [4.69, 9.17) is 14.2 Å². The van der Waals surface area contributed by atoms with Crippen LogP contribution in [0.4, 0.5) is 0 Å². The maximum absolute atomic E-state index is 13.4. The number of ether oxygens (including phenoxy) is 3. The zero-order valence-corrected chi connectivity index (χ0v) is 19.1. The zero-order valence-electron chi connectivity index (χ0n) is 19.1. The fraction of sp³-hybridized carbons (Fsp3) is 0.360. The Labute approximate surface area is 193 Å². The van der Waals surface area contributed by atoms with Crippen molar-refractivity contribution in [3.63, 3.8) is 0 Å². The van der Waals surface area contributed by atoms with Crippen LogP contribution in [0.5, 0.6) is 17.2 Å². The molecule has 33 heavy (non-hydrogen) atoms. The molecule has 2 heterocycles. The number of amides is 1. The first-order valence-corrected chi connectivity index (χ1v) is 11.2. The van der Waals surface area contributed by atoms with E-state index in [9.17, 15) is 9.90 Å². The fourth-order valence-electron chi connectivity index (χ4n) is 4.27. The number of carbonyl (C=O) groups excluding carboxylic acids is 1. The maximum atomic E-state index is 13.4. The van der Waals surface area contributed by atoms with E-state index in [0.717, 1.165) is 11.1 Å². The van der Waals surface area contributed by atoms with E-state index < -0.39 is 6.04 Å². The van der Waals surface area contributed by atoms with Gasteiger partial charge in [-0.15, -0.1) is 0 Å². The van der Waals surface area contributed by atoms with Crippen molar-refractivity contribution >= 4 is 5.91 Å². The van der Waals surface area contributed by atoms with Crippen molar-refractivity contribution in [1.82, 2.24) is 15.1 Å². The molecule has 8 heteroatoms. The van der Waals surface area contributed by atoms with Gasteiger partial charge < -0.3 is 24.2 Å². The van der Waals surface area contributed by atoms with E-state index in [0.29, 0.717) is 61.2 Å². The molecule has 0 unspecified atom stereocenters. The Morgan fingerprint density at radius 2 is 1.85 bits per heavy atom. The number of methoxy groups -OCH3 is 1. The number of H-pyrrole nitrogens is 1. The van der Waals surface area contributed by atoms with E-state index in [-0.39, 0.29) is 11.7 Å². The highest BCUT2D eigenvalue weighted by atomic mass is 16.5. The molecule has 0 saturated carbocycles. The number of benzene rings is 2. The third kappa shape index (κ3) is 4.26. The van der Waals surface area contributed by atoms with Crippen LogP contribution in [0.25, 0.3) is 11.3 Å². The van der Waals surface area contributed by atoms with Crippen molar-refractivity contribution in [2.75, 3.05) is 33.5 Å². The summed E-state index contributed by atoms with van der Waals surface area (Å²) < 4.78 is 16.8. The molecule has 2 N–H and O–H groups in total. The summed E-state index contributed by atoms with van der Waals surface area (Å²) in [6, 6.07) is 12.4. The van der Waals surface area contributed by atoms with Gasteiger partial charge >= 0.3 is 0 Å². The molecular weight excluding hydrogens is 422 g/mol. The number of nitrogens with one attached hydrogen (secondary N) is 1. The third-order valence-corrected chi connectivity index (χ3v) is 5.65. The predicted molar refractivity (Wildman–Crippen MR) is 124 cm³/mol. The average molecular weight is 452 g/mol. The minimum absolute atomic E-state index is 0.109. The van der Waals surface area contributed by atoms with E-state index in [2.05, 4.69) is 10.2 Å². The van der Waals surface area contributed by atoms with Gasteiger partial charge in [-0.05, 0) is 50.1 Å². The van der Waals surface area contributed by atoms with Crippen LogP contribution in [0.2, 0.25) is 0 Å². The van der Waals surface area contributed by atoms with Gasteiger partial charge in [0.05, 0.1) is 19.3 Å². The summed E-state index contributed by atoms with van der Waals surface area (Å²) in [5.41, 5.74) is 3.18. The molecule has 0 spiro atoms. The topological polar surface area (TPSA) is 96.9 Å². The average Bonchev–Trinajstić information content (AvgIpc) is 3.35. The van der Waals surface area contributed by atoms with Crippen molar-refractivity contribution in [1.29, 1.82) is 0 Å². The summed E-state index contributed by atoms with van der Waals surface area (Å²) >= 11 is 0. The molecule has 1 aliphatic heterocycles. The lowest BCUT2D eigenvalue weighted by molar-refractivity contribution is 0.0723. The smallest absolute Gasteiger partial charge is 0.273 e. The molecule has 0 aliphatic carbocycles. The normalized spacial score (nSPS) is 15.1. The molecule has 174 valence electrons. The Hall–Kier alpha value is -3.52. The van der Waals surface area contributed by atoms with Crippen LogP contribution in [-0.4, -0.2) is 59.6 Å². The van der Waals surface area contributed by atoms with Crippen LogP contribution in [0.3, 0.4) is 0 Å². The lowest BCUT2D eigenvalue weighted by Gasteiger charge is -2.27. The quantitative estimate of drug-likeness (QED) is 0.449. The third-order valence-electron chi connectivity index (χ3n) is 5.65. The molecule has 2 aromatic carbocycles. The Balaban J connectivity index is 1.84. The van der Waals surface area contributed by atoms with Gasteiger partial charge in [0.1, 0.15) is 17.1 Å². The second-order valence-electron chi connectivity index (χ2n) is 7.70. The molecule has 1 amide bonds. The second-order valence-corrected chi connectivity index (χ2v) is 7.70. The summed E-state index contributed by atoms with van der Waals surface area (Å²) in [6.07, 6.45) is 0.692. The molecule has 8 nitrogen and oxygen atoms in total. The molecule has 0 bridgehead atoms. The molecule has 3 aromatic rings. The monoisotopic (exact) mass is 451 g/mol. The minimum Gasteiger partial charge on any atom is -0.507 e. The first kappa shape index (κ1) is 22.7.